The molecule has 0 aromatic carbocycles. The first-order chi connectivity index (χ1) is 5.61. The fraction of sp³-hybridized carbons (Fsp3) is 0.889. The molecule has 0 saturated carbocycles. The Kier molecular flexibility index (Phi) is 6.44. The minimum absolute atomic E-state index is 0.0802. The van der Waals surface area contributed by atoms with Crippen molar-refractivity contribution in [3.05, 3.63) is 0 Å². The Balaban J connectivity index is 3.77. The topological polar surface area (TPSA) is 29.1 Å². The monoisotopic (exact) mass is 235 g/mol. The van der Waals surface area contributed by atoms with Gasteiger partial charge in [0, 0.05) is 6.04 Å². The molecule has 0 heterocycles. The third-order valence-electron chi connectivity index (χ3n) is 1.84. The minimum atomic E-state index is -0.0802. The highest BCUT2D eigenvalue weighted by Crippen LogP contribution is 2.03. The molecule has 1 N–H and O–H groups in total. The number of alkyl halides is 1. The molecule has 0 bridgehead atoms. The van der Waals surface area contributed by atoms with E-state index in [1.807, 2.05) is 6.92 Å². The van der Waals surface area contributed by atoms with E-state index in [2.05, 4.69) is 35.1 Å². The molecule has 2 nitrogen and oxygen atoms in total. The van der Waals surface area contributed by atoms with Gasteiger partial charge in [-0.15, -0.1) is 0 Å². The van der Waals surface area contributed by atoms with Gasteiger partial charge in [0.1, 0.15) is 0 Å². The second kappa shape index (κ2) is 6.46. The molecular formula is C9H18BrNO. The standard InChI is InChI=1S/C9H18BrNO/c1-4-6-8(5-2)11-9(12)7(3)10/h7-8H,4-6H2,1-3H3,(H,11,12). The van der Waals surface area contributed by atoms with E-state index < -0.39 is 0 Å². The largest absolute Gasteiger partial charge is 0.352 e. The van der Waals surface area contributed by atoms with Crippen LogP contribution in [0.5, 0.6) is 0 Å². The first-order valence-electron chi connectivity index (χ1n) is 4.56. The van der Waals surface area contributed by atoms with Crippen molar-refractivity contribution in [1.82, 2.24) is 5.32 Å². The zero-order chi connectivity index (χ0) is 9.56. The molecule has 0 saturated heterocycles. The lowest BCUT2D eigenvalue weighted by atomic mass is 10.1. The fourth-order valence-electron chi connectivity index (χ4n) is 1.04. The Morgan fingerprint density at radius 2 is 2.08 bits per heavy atom. The number of rotatable bonds is 5. The number of hydrogen-bond acceptors (Lipinski definition) is 1. The van der Waals surface area contributed by atoms with E-state index in [4.69, 9.17) is 0 Å². The number of halogens is 1. The summed E-state index contributed by atoms with van der Waals surface area (Å²) in [6, 6.07) is 0.350. The lowest BCUT2D eigenvalue weighted by molar-refractivity contribution is -0.120. The van der Waals surface area contributed by atoms with Gasteiger partial charge in [0.05, 0.1) is 4.83 Å². The first-order valence-corrected chi connectivity index (χ1v) is 5.47. The van der Waals surface area contributed by atoms with Crippen LogP contribution in [0.15, 0.2) is 0 Å². The SMILES string of the molecule is CCCC(CC)NC(=O)C(C)Br. The van der Waals surface area contributed by atoms with Crippen LogP contribution in [0.2, 0.25) is 0 Å². The summed E-state index contributed by atoms with van der Waals surface area (Å²) in [5, 5.41) is 2.98. The molecule has 2 atom stereocenters. The third-order valence-corrected chi connectivity index (χ3v) is 2.25. The van der Waals surface area contributed by atoms with E-state index in [0.29, 0.717) is 6.04 Å². The number of hydrogen-bond donors (Lipinski definition) is 1. The molecule has 0 rings (SSSR count). The minimum Gasteiger partial charge on any atom is -0.352 e. The molecule has 72 valence electrons. The second-order valence-corrected chi connectivity index (χ2v) is 4.39. The molecule has 2 unspecified atom stereocenters. The summed E-state index contributed by atoms with van der Waals surface area (Å²) in [4.78, 5) is 11.1. The molecule has 0 spiro atoms. The number of amides is 1. The van der Waals surface area contributed by atoms with E-state index >= 15 is 0 Å². The van der Waals surface area contributed by atoms with Crippen LogP contribution in [0, 0.1) is 0 Å². The molecule has 0 fully saturated rings. The van der Waals surface area contributed by atoms with Gasteiger partial charge in [-0.2, -0.15) is 0 Å². The van der Waals surface area contributed by atoms with Crippen LogP contribution in [0.3, 0.4) is 0 Å². The van der Waals surface area contributed by atoms with E-state index in [-0.39, 0.29) is 10.7 Å². The average Bonchev–Trinajstić information content (AvgIpc) is 2.03. The maximum Gasteiger partial charge on any atom is 0.233 e. The van der Waals surface area contributed by atoms with Gasteiger partial charge >= 0.3 is 0 Å². The van der Waals surface area contributed by atoms with Crippen molar-refractivity contribution in [3.63, 3.8) is 0 Å². The number of nitrogens with one attached hydrogen (secondary N) is 1. The predicted octanol–water partition coefficient (Wildman–Crippen LogP) is 2.46. The van der Waals surface area contributed by atoms with Gasteiger partial charge in [-0.1, -0.05) is 36.2 Å². The van der Waals surface area contributed by atoms with Crippen molar-refractivity contribution in [2.45, 2.75) is 50.9 Å². The maximum absolute atomic E-state index is 11.2. The van der Waals surface area contributed by atoms with Gasteiger partial charge in [-0.3, -0.25) is 4.79 Å². The Bertz CT molecular complexity index is 136. The third kappa shape index (κ3) is 4.75. The molecule has 0 aromatic heterocycles. The molecule has 3 heteroatoms. The molecule has 0 aliphatic rings. The van der Waals surface area contributed by atoms with Gasteiger partial charge < -0.3 is 5.32 Å². The molecular weight excluding hydrogens is 218 g/mol. The van der Waals surface area contributed by atoms with Crippen LogP contribution in [0.25, 0.3) is 0 Å². The van der Waals surface area contributed by atoms with Gasteiger partial charge in [0.15, 0.2) is 0 Å². The van der Waals surface area contributed by atoms with Crippen molar-refractivity contribution < 1.29 is 4.79 Å². The lowest BCUT2D eigenvalue weighted by Crippen LogP contribution is -2.37. The molecule has 0 radical (unpaired) electrons. The van der Waals surface area contributed by atoms with E-state index in [1.54, 1.807) is 0 Å². The zero-order valence-corrected chi connectivity index (χ0v) is 9.65. The fourth-order valence-corrected chi connectivity index (χ4v) is 1.17. The molecule has 0 aliphatic carbocycles. The van der Waals surface area contributed by atoms with Crippen LogP contribution < -0.4 is 5.32 Å². The van der Waals surface area contributed by atoms with Gasteiger partial charge in [0.2, 0.25) is 5.91 Å². The Morgan fingerprint density at radius 1 is 1.50 bits per heavy atom. The van der Waals surface area contributed by atoms with E-state index in [0.717, 1.165) is 19.3 Å². The lowest BCUT2D eigenvalue weighted by Gasteiger charge is -2.16. The van der Waals surface area contributed by atoms with Crippen molar-refractivity contribution in [2.24, 2.45) is 0 Å². The summed E-state index contributed by atoms with van der Waals surface area (Å²) in [6.45, 7) is 6.07. The summed E-state index contributed by atoms with van der Waals surface area (Å²) >= 11 is 3.24. The average molecular weight is 236 g/mol. The molecule has 0 aliphatic heterocycles. The van der Waals surface area contributed by atoms with Crippen molar-refractivity contribution in [1.29, 1.82) is 0 Å². The van der Waals surface area contributed by atoms with Crippen molar-refractivity contribution >= 4 is 21.8 Å². The first kappa shape index (κ1) is 11.9. The molecule has 1 amide bonds. The zero-order valence-electron chi connectivity index (χ0n) is 8.06. The second-order valence-electron chi connectivity index (χ2n) is 3.02. The van der Waals surface area contributed by atoms with Crippen LogP contribution in [0.1, 0.15) is 40.0 Å². The van der Waals surface area contributed by atoms with E-state index in [1.165, 1.54) is 0 Å². The molecule has 0 aromatic rings. The molecule has 12 heavy (non-hydrogen) atoms. The van der Waals surface area contributed by atoms with E-state index in [9.17, 15) is 4.79 Å². The van der Waals surface area contributed by atoms with Gasteiger partial charge in [0.25, 0.3) is 0 Å². The summed E-state index contributed by atoms with van der Waals surface area (Å²) in [5.74, 6) is 0.0929. The Hall–Kier alpha value is -0.0500. The predicted molar refractivity (Wildman–Crippen MR) is 55.5 cm³/mol. The van der Waals surface area contributed by atoms with Crippen LogP contribution in [-0.4, -0.2) is 16.8 Å². The normalized spacial score (nSPS) is 15.3. The summed E-state index contributed by atoms with van der Waals surface area (Å²) in [7, 11) is 0. The highest BCUT2D eigenvalue weighted by atomic mass is 79.9. The Labute approximate surface area is 83.2 Å². The van der Waals surface area contributed by atoms with Crippen LogP contribution in [0.4, 0.5) is 0 Å². The highest BCUT2D eigenvalue weighted by molar-refractivity contribution is 9.10. The van der Waals surface area contributed by atoms with Crippen molar-refractivity contribution in [2.75, 3.05) is 0 Å². The Morgan fingerprint density at radius 3 is 2.42 bits per heavy atom. The quantitative estimate of drug-likeness (QED) is 0.730. The van der Waals surface area contributed by atoms with Gasteiger partial charge in [-0.05, 0) is 19.8 Å². The summed E-state index contributed by atoms with van der Waals surface area (Å²) < 4.78 is 0. The number of carbonyl (C=O) groups is 1. The highest BCUT2D eigenvalue weighted by Gasteiger charge is 2.12. The van der Waals surface area contributed by atoms with Crippen molar-refractivity contribution in [3.8, 4) is 0 Å². The van der Waals surface area contributed by atoms with Crippen LogP contribution in [-0.2, 0) is 4.79 Å². The number of carbonyl (C=O) groups excluding carboxylic acids is 1. The maximum atomic E-state index is 11.2. The van der Waals surface area contributed by atoms with Gasteiger partial charge in [-0.25, -0.2) is 0 Å². The summed E-state index contributed by atoms with van der Waals surface area (Å²) in [6.07, 6.45) is 3.21. The summed E-state index contributed by atoms with van der Waals surface area (Å²) in [5.41, 5.74) is 0. The van der Waals surface area contributed by atoms with Crippen LogP contribution >= 0.6 is 15.9 Å². The smallest absolute Gasteiger partial charge is 0.233 e.